The summed E-state index contributed by atoms with van der Waals surface area (Å²) in [5.74, 6) is -0.0463. The third-order valence-corrected chi connectivity index (χ3v) is 1.12. The lowest BCUT2D eigenvalue weighted by molar-refractivity contribution is 0.404. The van der Waals surface area contributed by atoms with Crippen LogP contribution in [-0.4, -0.2) is 17.1 Å². The van der Waals surface area contributed by atoms with Gasteiger partial charge >= 0.3 is 0 Å². The molecule has 56 valence electrons. The molecule has 5 nitrogen and oxygen atoms in total. The summed E-state index contributed by atoms with van der Waals surface area (Å²) in [4.78, 5) is 16.7. The Bertz CT molecular complexity index is 350. The highest BCUT2D eigenvalue weighted by molar-refractivity contribution is 5.33. The van der Waals surface area contributed by atoms with Crippen molar-refractivity contribution in [2.45, 2.75) is 0 Å². The molecule has 0 bridgehead atoms. The van der Waals surface area contributed by atoms with Gasteiger partial charge in [-0.2, -0.15) is 5.26 Å². The molecule has 1 rings (SSSR count). The van der Waals surface area contributed by atoms with Crippen LogP contribution in [0.15, 0.2) is 11.1 Å². The predicted octanol–water partition coefficient (Wildman–Crippen LogP) is -0.350. The molecule has 0 atom stereocenters. The predicted molar refractivity (Wildman–Crippen MR) is 36.1 cm³/mol. The first-order chi connectivity index (χ1) is 5.29. The standard InChI is InChI=1S/C6H5N3O2/c1-11-5-4(2-7)8-3-9-6(5)10/h3H,1H3,(H,8,9,10). The van der Waals surface area contributed by atoms with E-state index in [2.05, 4.69) is 14.7 Å². The second-order valence-electron chi connectivity index (χ2n) is 1.73. The molecule has 1 aromatic rings. The maximum Gasteiger partial charge on any atom is 0.294 e. The van der Waals surface area contributed by atoms with Gasteiger partial charge in [0.25, 0.3) is 5.56 Å². The lowest BCUT2D eigenvalue weighted by atomic mass is 10.4. The number of aromatic nitrogens is 2. The van der Waals surface area contributed by atoms with Crippen molar-refractivity contribution < 1.29 is 4.74 Å². The van der Waals surface area contributed by atoms with Crippen LogP contribution in [0, 0.1) is 11.3 Å². The fourth-order valence-corrected chi connectivity index (χ4v) is 0.656. The van der Waals surface area contributed by atoms with E-state index in [1.54, 1.807) is 6.07 Å². The van der Waals surface area contributed by atoms with Crippen LogP contribution in [0.25, 0.3) is 0 Å². The Morgan fingerprint density at radius 1 is 1.82 bits per heavy atom. The summed E-state index contributed by atoms with van der Waals surface area (Å²) in [7, 11) is 1.31. The molecule has 0 radical (unpaired) electrons. The minimum absolute atomic E-state index is 0.00347. The van der Waals surface area contributed by atoms with Crippen molar-refractivity contribution in [2.75, 3.05) is 7.11 Å². The maximum absolute atomic E-state index is 10.9. The topological polar surface area (TPSA) is 78.8 Å². The number of aromatic amines is 1. The van der Waals surface area contributed by atoms with Gasteiger partial charge in [0, 0.05) is 0 Å². The molecular weight excluding hydrogens is 146 g/mol. The van der Waals surface area contributed by atoms with E-state index in [4.69, 9.17) is 5.26 Å². The summed E-state index contributed by atoms with van der Waals surface area (Å²) >= 11 is 0. The molecule has 0 aliphatic heterocycles. The molecule has 0 saturated heterocycles. The van der Waals surface area contributed by atoms with E-state index < -0.39 is 5.56 Å². The molecule has 1 heterocycles. The smallest absolute Gasteiger partial charge is 0.294 e. The number of hydrogen-bond acceptors (Lipinski definition) is 4. The van der Waals surface area contributed by atoms with Crippen LogP contribution < -0.4 is 10.3 Å². The van der Waals surface area contributed by atoms with Crippen LogP contribution in [0.5, 0.6) is 5.75 Å². The number of H-pyrrole nitrogens is 1. The highest BCUT2D eigenvalue weighted by Crippen LogP contribution is 2.04. The molecule has 1 N–H and O–H groups in total. The van der Waals surface area contributed by atoms with Crippen molar-refractivity contribution >= 4 is 0 Å². The number of methoxy groups -OCH3 is 1. The van der Waals surface area contributed by atoms with Crippen LogP contribution in [0.1, 0.15) is 5.69 Å². The van der Waals surface area contributed by atoms with E-state index in [0.29, 0.717) is 0 Å². The highest BCUT2D eigenvalue weighted by Gasteiger charge is 2.06. The zero-order chi connectivity index (χ0) is 8.27. The summed E-state index contributed by atoms with van der Waals surface area (Å²) in [6.45, 7) is 0. The van der Waals surface area contributed by atoms with Gasteiger partial charge in [0.15, 0.2) is 5.69 Å². The fraction of sp³-hybridized carbons (Fsp3) is 0.167. The average Bonchev–Trinajstić information content (AvgIpc) is 2.04. The second kappa shape index (κ2) is 2.84. The Hall–Kier alpha value is -1.83. The molecule has 5 heteroatoms. The maximum atomic E-state index is 10.9. The first-order valence-electron chi connectivity index (χ1n) is 2.81. The monoisotopic (exact) mass is 151 g/mol. The zero-order valence-electron chi connectivity index (χ0n) is 5.79. The Balaban J connectivity index is 3.39. The lowest BCUT2D eigenvalue weighted by Crippen LogP contribution is -2.11. The summed E-state index contributed by atoms with van der Waals surface area (Å²) < 4.78 is 4.64. The molecule has 0 spiro atoms. The van der Waals surface area contributed by atoms with E-state index in [-0.39, 0.29) is 11.4 Å². The molecular formula is C6H5N3O2. The van der Waals surface area contributed by atoms with Crippen LogP contribution in [0.4, 0.5) is 0 Å². The highest BCUT2D eigenvalue weighted by atomic mass is 16.5. The summed E-state index contributed by atoms with van der Waals surface area (Å²) in [5, 5.41) is 8.43. The van der Waals surface area contributed by atoms with Gasteiger partial charge in [-0.3, -0.25) is 4.79 Å². The van der Waals surface area contributed by atoms with Crippen molar-refractivity contribution in [3.8, 4) is 11.8 Å². The number of nitrogens with one attached hydrogen (secondary N) is 1. The Morgan fingerprint density at radius 3 is 3.00 bits per heavy atom. The van der Waals surface area contributed by atoms with Crippen molar-refractivity contribution in [1.29, 1.82) is 5.26 Å². The third-order valence-electron chi connectivity index (χ3n) is 1.12. The van der Waals surface area contributed by atoms with Gasteiger partial charge in [-0.05, 0) is 0 Å². The summed E-state index contributed by atoms with van der Waals surface area (Å²) in [6.07, 6.45) is 1.16. The Morgan fingerprint density at radius 2 is 2.55 bits per heavy atom. The normalized spacial score (nSPS) is 8.73. The van der Waals surface area contributed by atoms with E-state index in [1.165, 1.54) is 7.11 Å². The van der Waals surface area contributed by atoms with Crippen molar-refractivity contribution in [1.82, 2.24) is 9.97 Å². The van der Waals surface area contributed by atoms with Gasteiger partial charge in [-0.1, -0.05) is 0 Å². The quantitative estimate of drug-likeness (QED) is 0.595. The molecule has 11 heavy (non-hydrogen) atoms. The van der Waals surface area contributed by atoms with Crippen LogP contribution in [-0.2, 0) is 0 Å². The number of ether oxygens (including phenoxy) is 1. The number of nitriles is 1. The molecule has 0 saturated carbocycles. The number of nitrogens with zero attached hydrogens (tertiary/aromatic N) is 2. The summed E-state index contributed by atoms with van der Waals surface area (Å²) in [6, 6.07) is 1.73. The van der Waals surface area contributed by atoms with Crippen molar-refractivity contribution in [3.63, 3.8) is 0 Å². The molecule has 1 aromatic heterocycles. The summed E-state index contributed by atoms with van der Waals surface area (Å²) in [5.41, 5.74) is -0.449. The van der Waals surface area contributed by atoms with Crippen LogP contribution in [0.3, 0.4) is 0 Å². The zero-order valence-corrected chi connectivity index (χ0v) is 5.79. The number of hydrogen-bond donors (Lipinski definition) is 1. The van der Waals surface area contributed by atoms with E-state index in [9.17, 15) is 4.79 Å². The largest absolute Gasteiger partial charge is 0.489 e. The van der Waals surface area contributed by atoms with Gasteiger partial charge in [0.2, 0.25) is 5.75 Å². The van der Waals surface area contributed by atoms with Gasteiger partial charge in [-0.15, -0.1) is 0 Å². The van der Waals surface area contributed by atoms with E-state index >= 15 is 0 Å². The van der Waals surface area contributed by atoms with Gasteiger partial charge in [-0.25, -0.2) is 4.98 Å². The van der Waals surface area contributed by atoms with E-state index in [1.807, 2.05) is 0 Å². The second-order valence-corrected chi connectivity index (χ2v) is 1.73. The first-order valence-corrected chi connectivity index (χ1v) is 2.81. The third kappa shape index (κ3) is 1.19. The average molecular weight is 151 g/mol. The molecule has 0 aliphatic carbocycles. The minimum atomic E-state index is -0.445. The molecule has 0 amide bonds. The van der Waals surface area contributed by atoms with E-state index in [0.717, 1.165) is 6.33 Å². The van der Waals surface area contributed by atoms with Crippen LogP contribution >= 0.6 is 0 Å². The first kappa shape index (κ1) is 7.28. The van der Waals surface area contributed by atoms with Crippen LogP contribution in [0.2, 0.25) is 0 Å². The van der Waals surface area contributed by atoms with Gasteiger partial charge in [0.1, 0.15) is 6.07 Å². The van der Waals surface area contributed by atoms with Crippen molar-refractivity contribution in [3.05, 3.63) is 22.4 Å². The molecule has 0 unspecified atom stereocenters. The van der Waals surface area contributed by atoms with Gasteiger partial charge < -0.3 is 9.72 Å². The minimum Gasteiger partial charge on any atom is -0.489 e. The van der Waals surface area contributed by atoms with Crippen molar-refractivity contribution in [2.24, 2.45) is 0 Å². The Kier molecular flexibility index (Phi) is 1.88. The Labute approximate surface area is 62.3 Å². The fourth-order valence-electron chi connectivity index (χ4n) is 0.656. The SMILES string of the molecule is COc1c(C#N)nc[nH]c1=O. The van der Waals surface area contributed by atoms with Gasteiger partial charge in [0.05, 0.1) is 13.4 Å². The number of rotatable bonds is 1. The molecule has 0 fully saturated rings. The lowest BCUT2D eigenvalue weighted by Gasteiger charge is -1.96. The molecule has 0 aliphatic rings. The molecule has 0 aromatic carbocycles.